The lowest BCUT2D eigenvalue weighted by Gasteiger charge is -2.58. The molecule has 2 fully saturated rings. The molecule has 0 bridgehead atoms. The van der Waals surface area contributed by atoms with E-state index in [4.69, 9.17) is 19.6 Å². The molecule has 11 heteroatoms. The van der Waals surface area contributed by atoms with Crippen molar-refractivity contribution in [3.05, 3.63) is 0 Å². The van der Waals surface area contributed by atoms with Gasteiger partial charge in [-0.3, -0.25) is 14.8 Å². The van der Waals surface area contributed by atoms with Crippen LogP contribution in [0.3, 0.4) is 0 Å². The van der Waals surface area contributed by atoms with Crippen molar-refractivity contribution in [3.63, 3.8) is 0 Å². The Morgan fingerprint density at radius 2 is 1.67 bits per heavy atom. The molecule has 1 amide bonds. The van der Waals surface area contributed by atoms with Gasteiger partial charge in [-0.05, 0) is 28.8 Å². The SMILES string of the molecule is CCCOOOO[C@@H]1[C@H](OOOCCC)C(=O)[C@@H](C)[C@@H](C)C12CC(=O)N2O. The number of β-lactam (4-membered cyclic amide) rings is 1. The highest BCUT2D eigenvalue weighted by molar-refractivity contribution is 5.91. The predicted molar refractivity (Wildman–Crippen MR) is 84.8 cm³/mol. The van der Waals surface area contributed by atoms with Crippen molar-refractivity contribution in [1.82, 2.24) is 5.06 Å². The van der Waals surface area contributed by atoms with Crippen molar-refractivity contribution in [2.45, 2.75) is 64.7 Å². The van der Waals surface area contributed by atoms with Crippen LogP contribution < -0.4 is 0 Å². The smallest absolute Gasteiger partial charge is 0.249 e. The Balaban J connectivity index is 2.16. The first-order valence-corrected chi connectivity index (χ1v) is 9.03. The average molecular weight is 393 g/mol. The summed E-state index contributed by atoms with van der Waals surface area (Å²) >= 11 is 0. The lowest BCUT2D eigenvalue weighted by atomic mass is 9.60. The summed E-state index contributed by atoms with van der Waals surface area (Å²) in [6.07, 6.45) is -1.29. The molecule has 1 unspecified atom stereocenters. The summed E-state index contributed by atoms with van der Waals surface area (Å²) in [6, 6.07) is 0. The number of hydrogen-bond acceptors (Lipinski definition) is 10. The van der Waals surface area contributed by atoms with Crippen LogP contribution in [0.25, 0.3) is 0 Å². The largest absolute Gasteiger partial charge is 0.296 e. The molecule has 156 valence electrons. The van der Waals surface area contributed by atoms with Crippen molar-refractivity contribution >= 4 is 11.7 Å². The molecule has 1 saturated heterocycles. The molecule has 1 N–H and O–H groups in total. The van der Waals surface area contributed by atoms with Crippen LogP contribution >= 0.6 is 0 Å². The molecule has 0 aromatic rings. The van der Waals surface area contributed by atoms with Gasteiger partial charge >= 0.3 is 0 Å². The van der Waals surface area contributed by atoms with Crippen LogP contribution in [-0.4, -0.2) is 52.9 Å². The van der Waals surface area contributed by atoms with Gasteiger partial charge in [-0.2, -0.15) is 9.78 Å². The van der Waals surface area contributed by atoms with E-state index < -0.39 is 35.5 Å². The summed E-state index contributed by atoms with van der Waals surface area (Å²) in [6.45, 7) is 7.64. The zero-order valence-corrected chi connectivity index (χ0v) is 15.9. The molecule has 2 aliphatic rings. The summed E-state index contributed by atoms with van der Waals surface area (Å²) in [5.41, 5.74) is -1.25. The number of carbonyl (C=O) groups is 2. The van der Waals surface area contributed by atoms with Gasteiger partial charge in [0.2, 0.25) is 5.91 Å². The van der Waals surface area contributed by atoms with E-state index in [2.05, 4.69) is 15.1 Å². The van der Waals surface area contributed by atoms with Gasteiger partial charge in [0, 0.05) is 5.92 Å². The third-order valence-electron chi connectivity index (χ3n) is 5.09. The second-order valence-corrected chi connectivity index (χ2v) is 6.73. The summed E-state index contributed by atoms with van der Waals surface area (Å²) in [4.78, 5) is 44.2. The minimum atomic E-state index is -1.33. The molecule has 1 aliphatic heterocycles. The zero-order chi connectivity index (χ0) is 20.0. The molecule has 0 aromatic carbocycles. The number of nitrogens with zero attached hydrogens (tertiary/aromatic N) is 1. The average Bonchev–Trinajstić information content (AvgIpc) is 2.67. The summed E-state index contributed by atoms with van der Waals surface area (Å²) in [5.74, 6) is -1.87. The third kappa shape index (κ3) is 4.30. The van der Waals surface area contributed by atoms with Crippen molar-refractivity contribution < 1.29 is 49.5 Å². The van der Waals surface area contributed by atoms with Crippen LogP contribution in [0.15, 0.2) is 0 Å². The van der Waals surface area contributed by atoms with Gasteiger partial charge in [-0.1, -0.05) is 32.7 Å². The van der Waals surface area contributed by atoms with E-state index >= 15 is 0 Å². The molecule has 11 nitrogen and oxygen atoms in total. The first-order chi connectivity index (χ1) is 12.9. The predicted octanol–water partition coefficient (Wildman–Crippen LogP) is 1.45. The normalized spacial score (nSPS) is 33.6. The molecular weight excluding hydrogens is 366 g/mol. The Morgan fingerprint density at radius 1 is 1.04 bits per heavy atom. The van der Waals surface area contributed by atoms with Gasteiger partial charge in [0.25, 0.3) is 0 Å². The van der Waals surface area contributed by atoms with E-state index in [-0.39, 0.29) is 25.4 Å². The Bertz CT molecular complexity index is 517. The quantitative estimate of drug-likeness (QED) is 0.181. The molecular formula is C16H27NO10. The lowest BCUT2D eigenvalue weighted by molar-refractivity contribution is -0.652. The highest BCUT2D eigenvalue weighted by Crippen LogP contribution is 2.49. The minimum absolute atomic E-state index is 0.0677. The van der Waals surface area contributed by atoms with Crippen molar-refractivity contribution in [2.75, 3.05) is 13.2 Å². The summed E-state index contributed by atoms with van der Waals surface area (Å²) < 4.78 is 0. The maximum Gasteiger partial charge on any atom is 0.249 e. The number of amides is 1. The summed E-state index contributed by atoms with van der Waals surface area (Å²) in [5, 5.41) is 24.5. The number of ketones is 1. The van der Waals surface area contributed by atoms with Crippen LogP contribution in [0.1, 0.15) is 47.0 Å². The van der Waals surface area contributed by atoms with Crippen LogP contribution in [0.2, 0.25) is 0 Å². The third-order valence-corrected chi connectivity index (χ3v) is 5.09. The maximum absolute atomic E-state index is 12.7. The van der Waals surface area contributed by atoms with Gasteiger partial charge in [0.1, 0.15) is 5.54 Å². The highest BCUT2D eigenvalue weighted by Gasteiger charge is 2.69. The van der Waals surface area contributed by atoms with Crippen molar-refractivity contribution in [3.8, 4) is 0 Å². The topological polar surface area (TPSA) is 122 Å². The molecule has 0 radical (unpaired) electrons. The Hall–Kier alpha value is -1.18. The number of Topliss-reactive ketones (excluding diaryl/α,β-unsaturated/α-hetero) is 1. The number of rotatable bonds is 11. The van der Waals surface area contributed by atoms with E-state index in [9.17, 15) is 14.8 Å². The van der Waals surface area contributed by atoms with Gasteiger partial charge in [0.15, 0.2) is 18.0 Å². The van der Waals surface area contributed by atoms with Gasteiger partial charge in [0.05, 0.1) is 19.6 Å². The molecule has 1 aliphatic carbocycles. The van der Waals surface area contributed by atoms with Gasteiger partial charge in [-0.15, -0.1) is 0 Å². The Kier molecular flexibility index (Phi) is 8.06. The Morgan fingerprint density at radius 3 is 2.22 bits per heavy atom. The van der Waals surface area contributed by atoms with E-state index in [1.54, 1.807) is 13.8 Å². The molecule has 1 spiro atoms. The Labute approximate surface area is 156 Å². The lowest BCUT2D eigenvalue weighted by Crippen LogP contribution is -2.78. The number of hydrogen-bond donors (Lipinski definition) is 1. The van der Waals surface area contributed by atoms with E-state index in [0.717, 1.165) is 0 Å². The fourth-order valence-corrected chi connectivity index (χ4v) is 3.33. The molecule has 0 aromatic heterocycles. The van der Waals surface area contributed by atoms with E-state index in [1.165, 1.54) is 0 Å². The minimum Gasteiger partial charge on any atom is -0.296 e. The first-order valence-electron chi connectivity index (χ1n) is 9.03. The van der Waals surface area contributed by atoms with Crippen molar-refractivity contribution in [2.24, 2.45) is 11.8 Å². The number of hydroxylamine groups is 2. The molecule has 5 atom stereocenters. The van der Waals surface area contributed by atoms with Gasteiger partial charge in [-0.25, -0.2) is 14.8 Å². The number of carbonyl (C=O) groups excluding carboxylic acids is 2. The molecule has 1 heterocycles. The second-order valence-electron chi connectivity index (χ2n) is 6.73. The highest BCUT2D eigenvalue weighted by atomic mass is 17.7. The van der Waals surface area contributed by atoms with Crippen LogP contribution in [0.5, 0.6) is 0 Å². The van der Waals surface area contributed by atoms with E-state index in [1.807, 2.05) is 13.8 Å². The first kappa shape index (κ1) is 22.1. The second kappa shape index (κ2) is 9.85. The van der Waals surface area contributed by atoms with Crippen LogP contribution in [-0.2, 0) is 44.3 Å². The fourth-order valence-electron chi connectivity index (χ4n) is 3.33. The zero-order valence-electron chi connectivity index (χ0n) is 15.9. The fraction of sp³-hybridized carbons (Fsp3) is 0.875. The molecule has 1 saturated carbocycles. The van der Waals surface area contributed by atoms with Crippen molar-refractivity contribution in [1.29, 1.82) is 0 Å². The molecule has 2 rings (SSSR count). The van der Waals surface area contributed by atoms with Gasteiger partial charge < -0.3 is 0 Å². The standard InChI is InChI=1S/C16H27NO10/c1-5-7-21-25-23-14-13(19)10(3)11(4)16(9-12(18)17(16)20)15(14)24-27-26-22-8-6-2/h10-11,14-15,20H,5-9H2,1-4H3/t10-,11+,14+,15+,16?/m0/s1. The molecule has 27 heavy (non-hydrogen) atoms. The maximum atomic E-state index is 12.7. The summed E-state index contributed by atoms with van der Waals surface area (Å²) in [7, 11) is 0. The van der Waals surface area contributed by atoms with Crippen LogP contribution in [0.4, 0.5) is 0 Å². The van der Waals surface area contributed by atoms with Crippen LogP contribution in [0, 0.1) is 11.8 Å². The monoisotopic (exact) mass is 393 g/mol. The van der Waals surface area contributed by atoms with E-state index in [0.29, 0.717) is 17.9 Å².